The molecule has 0 fully saturated rings. The molecule has 0 aliphatic carbocycles. The van der Waals surface area contributed by atoms with Gasteiger partial charge in [-0.25, -0.2) is 5.43 Å². The molecular weight excluding hydrogens is 350 g/mol. The molecule has 8 nitrogen and oxygen atoms in total. The third-order valence-corrected chi connectivity index (χ3v) is 3.70. The number of methoxy groups -OCH3 is 1. The zero-order chi connectivity index (χ0) is 19.2. The molecule has 1 heterocycles. The van der Waals surface area contributed by atoms with Crippen LogP contribution in [0.2, 0.25) is 0 Å². The molecule has 0 radical (unpaired) electrons. The van der Waals surface area contributed by atoms with E-state index in [1.54, 1.807) is 54.6 Å². The second-order valence-corrected chi connectivity index (χ2v) is 5.38. The van der Waals surface area contributed by atoms with E-state index in [1.807, 2.05) is 0 Å². The van der Waals surface area contributed by atoms with E-state index in [1.165, 1.54) is 19.4 Å². The van der Waals surface area contributed by atoms with Gasteiger partial charge in [-0.1, -0.05) is 24.3 Å². The Balaban J connectivity index is 1.73. The van der Waals surface area contributed by atoms with Crippen LogP contribution in [0.3, 0.4) is 0 Å². The van der Waals surface area contributed by atoms with Gasteiger partial charge in [0.15, 0.2) is 0 Å². The fourth-order valence-corrected chi connectivity index (χ4v) is 2.46. The van der Waals surface area contributed by atoms with E-state index < -0.39 is 10.8 Å². The van der Waals surface area contributed by atoms with Crippen molar-refractivity contribution in [3.8, 4) is 17.1 Å². The second-order valence-electron chi connectivity index (χ2n) is 5.38. The van der Waals surface area contributed by atoms with Crippen molar-refractivity contribution in [2.24, 2.45) is 5.10 Å². The Morgan fingerprint density at radius 3 is 2.67 bits per heavy atom. The van der Waals surface area contributed by atoms with E-state index in [4.69, 9.17) is 9.15 Å². The van der Waals surface area contributed by atoms with E-state index in [2.05, 4.69) is 10.5 Å². The molecule has 2 aromatic carbocycles. The molecule has 0 bridgehead atoms. The first-order valence-corrected chi connectivity index (χ1v) is 7.90. The van der Waals surface area contributed by atoms with Crippen molar-refractivity contribution in [1.29, 1.82) is 0 Å². The monoisotopic (exact) mass is 365 g/mol. The van der Waals surface area contributed by atoms with Gasteiger partial charge in [0.25, 0.3) is 11.6 Å². The van der Waals surface area contributed by atoms with Gasteiger partial charge in [0, 0.05) is 6.07 Å². The van der Waals surface area contributed by atoms with Crippen molar-refractivity contribution < 1.29 is 18.9 Å². The number of furan rings is 1. The summed E-state index contributed by atoms with van der Waals surface area (Å²) in [6.07, 6.45) is 1.31. The summed E-state index contributed by atoms with van der Waals surface area (Å²) in [5.74, 6) is 0.666. The summed E-state index contributed by atoms with van der Waals surface area (Å²) in [5, 5.41) is 15.0. The third-order valence-electron chi connectivity index (χ3n) is 3.70. The Hall–Kier alpha value is -3.94. The van der Waals surface area contributed by atoms with Crippen LogP contribution >= 0.6 is 0 Å². The molecule has 0 aliphatic heterocycles. The number of nitro benzene ring substituents is 1. The molecule has 0 atom stereocenters. The van der Waals surface area contributed by atoms with Crippen molar-refractivity contribution in [1.82, 2.24) is 5.43 Å². The molecule has 136 valence electrons. The number of para-hydroxylation sites is 2. The molecule has 1 amide bonds. The summed E-state index contributed by atoms with van der Waals surface area (Å²) < 4.78 is 10.7. The lowest BCUT2D eigenvalue weighted by atomic mass is 10.1. The normalized spacial score (nSPS) is 10.7. The van der Waals surface area contributed by atoms with Gasteiger partial charge in [-0.3, -0.25) is 14.9 Å². The van der Waals surface area contributed by atoms with Crippen LogP contribution in [0.5, 0.6) is 5.75 Å². The van der Waals surface area contributed by atoms with Gasteiger partial charge in [0.1, 0.15) is 17.3 Å². The van der Waals surface area contributed by atoms with Crippen molar-refractivity contribution in [2.45, 2.75) is 0 Å². The highest BCUT2D eigenvalue weighted by molar-refractivity contribution is 5.97. The number of hydrazone groups is 1. The molecule has 8 heteroatoms. The maximum Gasteiger partial charge on any atom is 0.280 e. The number of benzene rings is 2. The highest BCUT2D eigenvalue weighted by Gasteiger charge is 2.17. The molecule has 0 unspecified atom stereocenters. The average Bonchev–Trinajstić information content (AvgIpc) is 3.16. The third kappa shape index (κ3) is 4.01. The van der Waals surface area contributed by atoms with Crippen LogP contribution in [0, 0.1) is 10.1 Å². The Kier molecular flexibility index (Phi) is 5.27. The zero-order valence-corrected chi connectivity index (χ0v) is 14.3. The lowest BCUT2D eigenvalue weighted by molar-refractivity contribution is -0.384. The Bertz CT molecular complexity index is 1010. The summed E-state index contributed by atoms with van der Waals surface area (Å²) in [5.41, 5.74) is 3.03. The molecule has 0 spiro atoms. The van der Waals surface area contributed by atoms with Crippen molar-refractivity contribution in [2.75, 3.05) is 7.11 Å². The number of ether oxygens (including phenoxy) is 1. The summed E-state index contributed by atoms with van der Waals surface area (Å²) in [4.78, 5) is 22.8. The van der Waals surface area contributed by atoms with Crippen molar-refractivity contribution in [3.63, 3.8) is 0 Å². The van der Waals surface area contributed by atoms with Gasteiger partial charge in [-0.2, -0.15) is 5.10 Å². The van der Waals surface area contributed by atoms with Gasteiger partial charge in [0.05, 0.1) is 29.4 Å². The lowest BCUT2D eigenvalue weighted by Crippen LogP contribution is -2.18. The molecular formula is C19H15N3O5. The maximum absolute atomic E-state index is 12.2. The van der Waals surface area contributed by atoms with Gasteiger partial charge in [-0.05, 0) is 30.3 Å². The number of nitrogens with one attached hydrogen (secondary N) is 1. The number of hydrogen-bond donors (Lipinski definition) is 1. The molecule has 3 rings (SSSR count). The maximum atomic E-state index is 12.2. The van der Waals surface area contributed by atoms with E-state index >= 15 is 0 Å². The second kappa shape index (κ2) is 7.96. The summed E-state index contributed by atoms with van der Waals surface area (Å²) in [6.45, 7) is 0. The van der Waals surface area contributed by atoms with Gasteiger partial charge >= 0.3 is 0 Å². The standard InChI is InChI=1S/C19H15N3O5/c1-26-17-9-5-3-7-15(17)19(23)21-20-12-13-10-11-18(27-13)14-6-2-4-8-16(14)22(24)25/h2-12H,1H3,(H,21,23)/b20-12-. The Morgan fingerprint density at radius 2 is 1.89 bits per heavy atom. The van der Waals surface area contributed by atoms with Crippen LogP contribution in [-0.4, -0.2) is 24.2 Å². The molecule has 1 N–H and O–H groups in total. The zero-order valence-electron chi connectivity index (χ0n) is 14.3. The number of nitro groups is 1. The summed E-state index contributed by atoms with van der Waals surface area (Å²) >= 11 is 0. The fourth-order valence-electron chi connectivity index (χ4n) is 2.46. The minimum Gasteiger partial charge on any atom is -0.496 e. The SMILES string of the molecule is COc1ccccc1C(=O)N/N=C\c1ccc(-c2ccccc2[N+](=O)[O-])o1. The highest BCUT2D eigenvalue weighted by Crippen LogP contribution is 2.30. The van der Waals surface area contributed by atoms with E-state index in [-0.39, 0.29) is 5.69 Å². The number of nitrogens with zero attached hydrogens (tertiary/aromatic N) is 2. The quantitative estimate of drug-likeness (QED) is 0.408. The first kappa shape index (κ1) is 17.9. The predicted octanol–water partition coefficient (Wildman–Crippen LogP) is 3.63. The molecule has 27 heavy (non-hydrogen) atoms. The van der Waals surface area contributed by atoms with Crippen LogP contribution in [0.25, 0.3) is 11.3 Å². The van der Waals surface area contributed by atoms with E-state index in [0.29, 0.717) is 28.4 Å². The number of carbonyl (C=O) groups is 1. The Morgan fingerprint density at radius 1 is 1.15 bits per heavy atom. The van der Waals surface area contributed by atoms with Crippen LogP contribution in [0.15, 0.2) is 70.2 Å². The number of rotatable bonds is 6. The molecule has 1 aromatic heterocycles. The number of amides is 1. The first-order chi connectivity index (χ1) is 13.1. The van der Waals surface area contributed by atoms with E-state index in [9.17, 15) is 14.9 Å². The minimum atomic E-state index is -0.473. The number of hydrogen-bond acceptors (Lipinski definition) is 6. The van der Waals surface area contributed by atoms with E-state index in [0.717, 1.165) is 0 Å². The molecule has 0 aliphatic rings. The lowest BCUT2D eigenvalue weighted by Gasteiger charge is -2.05. The number of carbonyl (C=O) groups excluding carboxylic acids is 1. The Labute approximate surface area is 154 Å². The highest BCUT2D eigenvalue weighted by atomic mass is 16.6. The smallest absolute Gasteiger partial charge is 0.280 e. The van der Waals surface area contributed by atoms with Gasteiger partial charge in [0.2, 0.25) is 0 Å². The minimum absolute atomic E-state index is 0.0557. The van der Waals surface area contributed by atoms with Crippen LogP contribution < -0.4 is 10.2 Å². The molecule has 0 saturated heterocycles. The van der Waals surface area contributed by atoms with Crippen LogP contribution in [-0.2, 0) is 0 Å². The average molecular weight is 365 g/mol. The van der Waals surface area contributed by atoms with Crippen molar-refractivity contribution >= 4 is 17.8 Å². The summed E-state index contributed by atoms with van der Waals surface area (Å²) in [6, 6.07) is 16.2. The molecule has 3 aromatic rings. The predicted molar refractivity (Wildman–Crippen MR) is 98.9 cm³/mol. The topological polar surface area (TPSA) is 107 Å². The fraction of sp³-hybridized carbons (Fsp3) is 0.0526. The molecule has 0 saturated carbocycles. The largest absolute Gasteiger partial charge is 0.496 e. The first-order valence-electron chi connectivity index (χ1n) is 7.90. The summed E-state index contributed by atoms with van der Waals surface area (Å²) in [7, 11) is 1.47. The van der Waals surface area contributed by atoms with Crippen LogP contribution in [0.4, 0.5) is 5.69 Å². The van der Waals surface area contributed by atoms with Crippen LogP contribution in [0.1, 0.15) is 16.1 Å². The van der Waals surface area contributed by atoms with Crippen molar-refractivity contribution in [3.05, 3.63) is 82.1 Å². The van der Waals surface area contributed by atoms with Gasteiger partial charge in [-0.15, -0.1) is 0 Å². The van der Waals surface area contributed by atoms with Gasteiger partial charge < -0.3 is 9.15 Å².